The van der Waals surface area contributed by atoms with E-state index >= 15 is 0 Å². The first-order valence-electron chi connectivity index (χ1n) is 10.1. The first-order valence-corrected chi connectivity index (χ1v) is 10.1. The molecule has 2 aromatic carbocycles. The number of primary amides is 1. The van der Waals surface area contributed by atoms with E-state index in [2.05, 4.69) is 6.07 Å². The number of piperidine rings is 1. The highest BCUT2D eigenvalue weighted by molar-refractivity contribution is 5.92. The van der Waals surface area contributed by atoms with E-state index < -0.39 is 5.91 Å². The Morgan fingerprint density at radius 1 is 1.07 bits per heavy atom. The molecule has 0 unspecified atom stereocenters. The minimum atomic E-state index is -0.471. The molecule has 0 spiro atoms. The van der Waals surface area contributed by atoms with E-state index in [9.17, 15) is 9.59 Å². The number of nitrogens with zero attached hydrogens (tertiary/aromatic N) is 3. The van der Waals surface area contributed by atoms with Gasteiger partial charge in [-0.1, -0.05) is 12.1 Å². The predicted molar refractivity (Wildman–Crippen MR) is 116 cm³/mol. The molecule has 1 saturated heterocycles. The normalized spacial score (nSPS) is 14.2. The summed E-state index contributed by atoms with van der Waals surface area (Å²) in [5, 5.41) is 9.06. The van der Waals surface area contributed by atoms with Crippen LogP contribution in [0.5, 0.6) is 0 Å². The van der Waals surface area contributed by atoms with Crippen LogP contribution in [0.3, 0.4) is 0 Å². The Labute approximate surface area is 176 Å². The summed E-state index contributed by atoms with van der Waals surface area (Å²) < 4.78 is 0. The number of carbonyl (C=O) groups excluding carboxylic acids is 2. The van der Waals surface area contributed by atoms with Crippen molar-refractivity contribution in [3.8, 4) is 6.07 Å². The maximum absolute atomic E-state index is 13.0. The van der Waals surface area contributed by atoms with Gasteiger partial charge in [-0.25, -0.2) is 0 Å². The Bertz CT molecular complexity index is 910. The molecule has 1 aliphatic rings. The summed E-state index contributed by atoms with van der Waals surface area (Å²) in [5.74, 6) is 0.0950. The molecule has 0 saturated carbocycles. The summed E-state index contributed by atoms with van der Waals surface area (Å²) in [7, 11) is 0. The summed E-state index contributed by atoms with van der Waals surface area (Å²) in [6, 6.07) is 16.4. The quantitative estimate of drug-likeness (QED) is 0.729. The highest BCUT2D eigenvalue weighted by atomic mass is 16.2. The van der Waals surface area contributed by atoms with Gasteiger partial charge in [0.1, 0.15) is 0 Å². The van der Waals surface area contributed by atoms with Crippen molar-refractivity contribution in [1.29, 1.82) is 5.26 Å². The van der Waals surface area contributed by atoms with Crippen LogP contribution in [0.25, 0.3) is 0 Å². The van der Waals surface area contributed by atoms with Crippen LogP contribution in [-0.2, 0) is 11.3 Å². The minimum absolute atomic E-state index is 0.0728. The van der Waals surface area contributed by atoms with Crippen LogP contribution in [0, 0.1) is 17.2 Å². The van der Waals surface area contributed by atoms with E-state index in [1.807, 2.05) is 34.1 Å². The first kappa shape index (κ1) is 21.3. The third-order valence-electron chi connectivity index (χ3n) is 5.60. The van der Waals surface area contributed by atoms with Gasteiger partial charge in [-0.3, -0.25) is 9.59 Å². The Kier molecular flexibility index (Phi) is 7.04. The number of nitriles is 1. The number of rotatable bonds is 7. The molecular formula is C23H27N5O2. The van der Waals surface area contributed by atoms with Crippen LogP contribution in [0.15, 0.2) is 48.5 Å². The lowest BCUT2D eigenvalue weighted by Gasteiger charge is -2.34. The number of hydrogen-bond donors (Lipinski definition) is 2. The molecule has 3 rings (SSSR count). The summed E-state index contributed by atoms with van der Waals surface area (Å²) >= 11 is 0. The third-order valence-corrected chi connectivity index (χ3v) is 5.60. The SMILES string of the molecule is N#Cc1ccc(N(CC(=O)N2CCC(CN)CC2)Cc2ccc(C(N)=O)cc2)cc1. The zero-order valence-electron chi connectivity index (χ0n) is 17.0. The Balaban J connectivity index is 1.75. The second kappa shape index (κ2) is 9.90. The van der Waals surface area contributed by atoms with Crippen LogP contribution in [0.1, 0.15) is 34.3 Å². The lowest BCUT2D eigenvalue weighted by Crippen LogP contribution is -2.45. The van der Waals surface area contributed by atoms with E-state index in [1.54, 1.807) is 24.3 Å². The predicted octanol–water partition coefficient (Wildman–Crippen LogP) is 1.86. The van der Waals surface area contributed by atoms with Gasteiger partial charge < -0.3 is 21.3 Å². The molecule has 156 valence electrons. The lowest BCUT2D eigenvalue weighted by atomic mass is 9.97. The van der Waals surface area contributed by atoms with E-state index in [4.69, 9.17) is 16.7 Å². The van der Waals surface area contributed by atoms with Crippen LogP contribution in [0.4, 0.5) is 5.69 Å². The number of hydrogen-bond acceptors (Lipinski definition) is 5. The molecule has 0 atom stereocenters. The molecule has 4 N–H and O–H groups in total. The summed E-state index contributed by atoms with van der Waals surface area (Å²) in [6.45, 7) is 2.86. The van der Waals surface area contributed by atoms with Crippen molar-refractivity contribution >= 4 is 17.5 Å². The molecule has 1 heterocycles. The standard InChI is InChI=1S/C23H27N5O2/c24-13-17-3-7-21(8-4-17)28(15-19-1-5-20(6-2-19)23(26)30)16-22(29)27-11-9-18(14-25)10-12-27/h1-8,18H,9-12,14-16,25H2,(H2,26,30). The van der Waals surface area contributed by atoms with Gasteiger partial charge in [0.05, 0.1) is 18.2 Å². The van der Waals surface area contributed by atoms with Crippen LogP contribution >= 0.6 is 0 Å². The second-order valence-corrected chi connectivity index (χ2v) is 7.64. The van der Waals surface area contributed by atoms with Gasteiger partial charge in [-0.05, 0) is 67.3 Å². The molecule has 2 aromatic rings. The molecule has 0 aromatic heterocycles. The van der Waals surface area contributed by atoms with Crippen LogP contribution in [-0.4, -0.2) is 42.9 Å². The molecule has 7 heteroatoms. The van der Waals surface area contributed by atoms with Crippen molar-refractivity contribution in [2.24, 2.45) is 17.4 Å². The van der Waals surface area contributed by atoms with E-state index in [-0.39, 0.29) is 12.5 Å². The zero-order valence-corrected chi connectivity index (χ0v) is 17.0. The minimum Gasteiger partial charge on any atom is -0.366 e. The highest BCUT2D eigenvalue weighted by Crippen LogP contribution is 2.21. The maximum Gasteiger partial charge on any atom is 0.248 e. The Morgan fingerprint density at radius 3 is 2.23 bits per heavy atom. The number of benzene rings is 2. The molecule has 30 heavy (non-hydrogen) atoms. The molecule has 7 nitrogen and oxygen atoms in total. The van der Waals surface area contributed by atoms with E-state index in [0.717, 1.165) is 37.2 Å². The molecule has 1 aliphatic heterocycles. The lowest BCUT2D eigenvalue weighted by molar-refractivity contribution is -0.131. The summed E-state index contributed by atoms with van der Waals surface area (Å²) in [5.41, 5.74) is 13.9. The average molecular weight is 406 g/mol. The van der Waals surface area contributed by atoms with Crippen molar-refractivity contribution in [2.75, 3.05) is 31.1 Å². The van der Waals surface area contributed by atoms with Crippen molar-refractivity contribution < 1.29 is 9.59 Å². The largest absolute Gasteiger partial charge is 0.366 e. The van der Waals surface area contributed by atoms with Crippen molar-refractivity contribution in [1.82, 2.24) is 4.90 Å². The van der Waals surface area contributed by atoms with Crippen LogP contribution in [0.2, 0.25) is 0 Å². The van der Waals surface area contributed by atoms with Gasteiger partial charge in [0.2, 0.25) is 11.8 Å². The topological polar surface area (TPSA) is 116 Å². The number of carbonyl (C=O) groups is 2. The van der Waals surface area contributed by atoms with Gasteiger partial charge >= 0.3 is 0 Å². The van der Waals surface area contributed by atoms with Crippen molar-refractivity contribution in [3.63, 3.8) is 0 Å². The van der Waals surface area contributed by atoms with E-state index in [0.29, 0.717) is 30.1 Å². The Morgan fingerprint density at radius 2 is 1.70 bits per heavy atom. The number of amides is 2. The summed E-state index contributed by atoms with van der Waals surface area (Å²) in [6.07, 6.45) is 1.88. The van der Waals surface area contributed by atoms with Crippen LogP contribution < -0.4 is 16.4 Å². The van der Waals surface area contributed by atoms with Gasteiger partial charge in [-0.2, -0.15) is 5.26 Å². The molecule has 0 aliphatic carbocycles. The monoisotopic (exact) mass is 405 g/mol. The fourth-order valence-corrected chi connectivity index (χ4v) is 3.66. The third kappa shape index (κ3) is 5.37. The molecule has 0 bridgehead atoms. The molecule has 2 amide bonds. The Hall–Kier alpha value is -3.37. The molecule has 0 radical (unpaired) electrons. The molecular weight excluding hydrogens is 378 g/mol. The summed E-state index contributed by atoms with van der Waals surface area (Å²) in [4.78, 5) is 28.2. The number of anilines is 1. The number of likely N-dealkylation sites (tertiary alicyclic amines) is 1. The van der Waals surface area contributed by atoms with Gasteiger partial charge in [0.25, 0.3) is 0 Å². The zero-order chi connectivity index (χ0) is 21.5. The van der Waals surface area contributed by atoms with Gasteiger partial charge in [-0.15, -0.1) is 0 Å². The smallest absolute Gasteiger partial charge is 0.248 e. The number of nitrogens with two attached hydrogens (primary N) is 2. The highest BCUT2D eigenvalue weighted by Gasteiger charge is 2.23. The van der Waals surface area contributed by atoms with Crippen molar-refractivity contribution in [3.05, 3.63) is 65.2 Å². The second-order valence-electron chi connectivity index (χ2n) is 7.64. The van der Waals surface area contributed by atoms with E-state index in [1.165, 1.54) is 0 Å². The fraction of sp³-hybridized carbons (Fsp3) is 0.348. The fourth-order valence-electron chi connectivity index (χ4n) is 3.66. The first-order chi connectivity index (χ1) is 14.5. The van der Waals surface area contributed by atoms with Crippen molar-refractivity contribution in [2.45, 2.75) is 19.4 Å². The average Bonchev–Trinajstić information content (AvgIpc) is 2.79. The molecule has 1 fully saturated rings. The van der Waals surface area contributed by atoms with Gasteiger partial charge in [0, 0.05) is 30.9 Å². The maximum atomic E-state index is 13.0. The van der Waals surface area contributed by atoms with Gasteiger partial charge in [0.15, 0.2) is 0 Å².